The van der Waals surface area contributed by atoms with Gasteiger partial charge in [0.05, 0.1) is 6.61 Å². The lowest BCUT2D eigenvalue weighted by molar-refractivity contribution is -0.149. The Hall–Kier alpha value is -1.56. The van der Waals surface area contributed by atoms with Crippen LogP contribution in [0.2, 0.25) is 0 Å². The van der Waals surface area contributed by atoms with Crippen LogP contribution >= 0.6 is 15.9 Å². The van der Waals surface area contributed by atoms with Crippen molar-refractivity contribution >= 4 is 33.5 Å². The quantitative estimate of drug-likeness (QED) is 0.668. The Morgan fingerprint density at radius 1 is 1.43 bits per heavy atom. The third-order valence-corrected chi connectivity index (χ3v) is 4.26. The van der Waals surface area contributed by atoms with Crippen LogP contribution in [0.25, 0.3) is 0 Å². The van der Waals surface area contributed by atoms with E-state index in [0.29, 0.717) is 35.3 Å². The summed E-state index contributed by atoms with van der Waals surface area (Å²) in [5.41, 5.74) is 6.83. The van der Waals surface area contributed by atoms with Gasteiger partial charge in [-0.1, -0.05) is 0 Å². The highest BCUT2D eigenvalue weighted by Crippen LogP contribution is 2.24. The molecule has 114 valence electrons. The average molecular weight is 355 g/mol. The fraction of sp³-hybridized carbons (Fsp3) is 0.467. The summed E-state index contributed by atoms with van der Waals surface area (Å²) in [7, 11) is 0. The van der Waals surface area contributed by atoms with E-state index in [-0.39, 0.29) is 11.9 Å². The molecule has 0 aromatic heterocycles. The molecule has 1 aromatic rings. The number of carbonyl (C=O) groups excluding carboxylic acids is 2. The molecule has 0 aliphatic carbocycles. The number of rotatable bonds is 3. The van der Waals surface area contributed by atoms with Crippen LogP contribution < -0.4 is 5.73 Å². The maximum absolute atomic E-state index is 12.6. The lowest BCUT2D eigenvalue weighted by Gasteiger charge is -2.34. The number of amides is 1. The van der Waals surface area contributed by atoms with Gasteiger partial charge < -0.3 is 15.4 Å². The molecule has 2 N–H and O–H groups in total. The first-order valence-electron chi connectivity index (χ1n) is 7.07. The molecule has 1 saturated heterocycles. The molecule has 1 fully saturated rings. The molecular weight excluding hydrogens is 336 g/mol. The van der Waals surface area contributed by atoms with Crippen LogP contribution in [0.15, 0.2) is 22.7 Å². The molecule has 0 saturated carbocycles. The van der Waals surface area contributed by atoms with E-state index in [1.54, 1.807) is 30.0 Å². The van der Waals surface area contributed by atoms with E-state index < -0.39 is 6.04 Å². The second kappa shape index (κ2) is 6.93. The summed E-state index contributed by atoms with van der Waals surface area (Å²) in [6.07, 6.45) is 2.48. The molecule has 1 amide bonds. The van der Waals surface area contributed by atoms with Crippen LogP contribution in [0.4, 0.5) is 5.69 Å². The SMILES string of the molecule is CCOC(=O)C1CCCCN1C(=O)c1ccc(N)c(Br)c1. The van der Waals surface area contributed by atoms with Gasteiger partial charge in [-0.3, -0.25) is 4.79 Å². The van der Waals surface area contributed by atoms with Gasteiger partial charge in [-0.25, -0.2) is 4.79 Å². The first-order valence-corrected chi connectivity index (χ1v) is 7.86. The highest BCUT2D eigenvalue weighted by Gasteiger charge is 2.33. The van der Waals surface area contributed by atoms with Crippen LogP contribution in [-0.2, 0) is 9.53 Å². The maximum atomic E-state index is 12.6. The second-order valence-corrected chi connectivity index (χ2v) is 5.85. The number of hydrogen-bond donors (Lipinski definition) is 1. The molecule has 0 spiro atoms. The first kappa shape index (κ1) is 15.8. The Morgan fingerprint density at radius 3 is 2.86 bits per heavy atom. The molecule has 1 aliphatic rings. The zero-order chi connectivity index (χ0) is 15.4. The average Bonchev–Trinajstić information content (AvgIpc) is 2.49. The number of ether oxygens (including phenoxy) is 1. The molecule has 1 atom stereocenters. The van der Waals surface area contributed by atoms with Crippen molar-refractivity contribution in [3.63, 3.8) is 0 Å². The third-order valence-electron chi connectivity index (χ3n) is 3.57. The van der Waals surface area contributed by atoms with Gasteiger partial charge in [-0.05, 0) is 60.3 Å². The van der Waals surface area contributed by atoms with Crippen molar-refractivity contribution in [3.8, 4) is 0 Å². The van der Waals surface area contributed by atoms with E-state index in [1.165, 1.54) is 0 Å². The number of nitrogen functional groups attached to an aromatic ring is 1. The third kappa shape index (κ3) is 3.56. The van der Waals surface area contributed by atoms with Crippen LogP contribution in [0.3, 0.4) is 0 Å². The van der Waals surface area contributed by atoms with Crippen molar-refractivity contribution in [1.82, 2.24) is 4.90 Å². The van der Waals surface area contributed by atoms with Gasteiger partial charge in [0, 0.05) is 22.3 Å². The first-order chi connectivity index (χ1) is 10.0. The number of anilines is 1. The van der Waals surface area contributed by atoms with Crippen LogP contribution in [0.5, 0.6) is 0 Å². The zero-order valence-electron chi connectivity index (χ0n) is 12.0. The van der Waals surface area contributed by atoms with Gasteiger partial charge in [0.25, 0.3) is 5.91 Å². The zero-order valence-corrected chi connectivity index (χ0v) is 13.6. The molecule has 6 heteroatoms. The molecule has 2 rings (SSSR count). The van der Waals surface area contributed by atoms with Crippen molar-refractivity contribution in [3.05, 3.63) is 28.2 Å². The highest BCUT2D eigenvalue weighted by molar-refractivity contribution is 9.10. The van der Waals surface area contributed by atoms with Crippen LogP contribution in [0.1, 0.15) is 36.5 Å². The fourth-order valence-electron chi connectivity index (χ4n) is 2.48. The standard InChI is InChI=1S/C15H19BrN2O3/c1-2-21-15(20)13-5-3-4-8-18(13)14(19)10-6-7-12(17)11(16)9-10/h6-7,9,13H,2-5,8,17H2,1H3. The summed E-state index contributed by atoms with van der Waals surface area (Å²) in [6, 6.07) is 4.57. The van der Waals surface area contributed by atoms with Crippen molar-refractivity contribution in [2.45, 2.75) is 32.2 Å². The van der Waals surface area contributed by atoms with Crippen molar-refractivity contribution in [2.24, 2.45) is 0 Å². The Bertz CT molecular complexity index is 548. The summed E-state index contributed by atoms with van der Waals surface area (Å²) in [5, 5.41) is 0. The van der Waals surface area contributed by atoms with Gasteiger partial charge in [-0.2, -0.15) is 0 Å². The van der Waals surface area contributed by atoms with E-state index in [1.807, 2.05) is 0 Å². The Balaban J connectivity index is 2.21. The number of hydrogen-bond acceptors (Lipinski definition) is 4. The predicted molar refractivity (Wildman–Crippen MR) is 83.9 cm³/mol. The van der Waals surface area contributed by atoms with E-state index in [9.17, 15) is 9.59 Å². The molecule has 1 aromatic carbocycles. The Kier molecular flexibility index (Phi) is 5.22. The number of benzene rings is 1. The van der Waals surface area contributed by atoms with E-state index >= 15 is 0 Å². The highest BCUT2D eigenvalue weighted by atomic mass is 79.9. The van der Waals surface area contributed by atoms with Crippen molar-refractivity contribution < 1.29 is 14.3 Å². The number of nitrogens with two attached hydrogens (primary N) is 1. The molecule has 5 nitrogen and oxygen atoms in total. The summed E-state index contributed by atoms with van der Waals surface area (Å²) in [5.74, 6) is -0.478. The van der Waals surface area contributed by atoms with Gasteiger partial charge in [0.2, 0.25) is 0 Å². The molecular formula is C15H19BrN2O3. The normalized spacial score (nSPS) is 18.4. The van der Waals surface area contributed by atoms with Crippen LogP contribution in [0, 0.1) is 0 Å². The van der Waals surface area contributed by atoms with E-state index in [0.717, 1.165) is 12.8 Å². The fourth-order valence-corrected chi connectivity index (χ4v) is 2.86. The molecule has 0 bridgehead atoms. The largest absolute Gasteiger partial charge is 0.464 e. The summed E-state index contributed by atoms with van der Waals surface area (Å²) in [4.78, 5) is 26.3. The number of piperidine rings is 1. The Labute approximate surface area is 132 Å². The molecule has 21 heavy (non-hydrogen) atoms. The number of halogens is 1. The number of esters is 1. The lowest BCUT2D eigenvalue weighted by atomic mass is 10.0. The van der Waals surface area contributed by atoms with Crippen LogP contribution in [-0.4, -0.2) is 36.0 Å². The number of nitrogens with zero attached hydrogens (tertiary/aromatic N) is 1. The van der Waals surface area contributed by atoms with Crippen molar-refractivity contribution in [2.75, 3.05) is 18.9 Å². The molecule has 1 aliphatic heterocycles. The maximum Gasteiger partial charge on any atom is 0.328 e. The molecule has 1 unspecified atom stereocenters. The van der Waals surface area contributed by atoms with E-state index in [2.05, 4.69) is 15.9 Å². The van der Waals surface area contributed by atoms with E-state index in [4.69, 9.17) is 10.5 Å². The molecule has 0 radical (unpaired) electrons. The van der Waals surface area contributed by atoms with Gasteiger partial charge in [0.1, 0.15) is 6.04 Å². The monoisotopic (exact) mass is 354 g/mol. The summed E-state index contributed by atoms with van der Waals surface area (Å²) >= 11 is 3.32. The summed E-state index contributed by atoms with van der Waals surface area (Å²) in [6.45, 7) is 2.67. The minimum atomic E-state index is -0.484. The number of likely N-dealkylation sites (tertiary alicyclic amines) is 1. The van der Waals surface area contributed by atoms with Crippen molar-refractivity contribution in [1.29, 1.82) is 0 Å². The van der Waals surface area contributed by atoms with Gasteiger partial charge in [0.15, 0.2) is 0 Å². The van der Waals surface area contributed by atoms with Gasteiger partial charge >= 0.3 is 5.97 Å². The summed E-state index contributed by atoms with van der Waals surface area (Å²) < 4.78 is 5.76. The van der Waals surface area contributed by atoms with Gasteiger partial charge in [-0.15, -0.1) is 0 Å². The predicted octanol–water partition coefficient (Wildman–Crippen LogP) is 2.59. The lowest BCUT2D eigenvalue weighted by Crippen LogP contribution is -2.48. The number of carbonyl (C=O) groups is 2. The minimum absolute atomic E-state index is 0.159. The molecule has 1 heterocycles. The smallest absolute Gasteiger partial charge is 0.328 e. The second-order valence-electron chi connectivity index (χ2n) is 5.00. The Morgan fingerprint density at radius 2 is 2.19 bits per heavy atom. The topological polar surface area (TPSA) is 72.6 Å². The minimum Gasteiger partial charge on any atom is -0.464 e.